The molecule has 1 nitrogen and oxygen atoms in total. The average Bonchev–Trinajstić information content (AvgIpc) is 2.62. The summed E-state index contributed by atoms with van der Waals surface area (Å²) in [5.41, 5.74) is 6.12. The highest BCUT2D eigenvalue weighted by Gasteiger charge is 2.25. The molecule has 0 aliphatic heterocycles. The van der Waals surface area contributed by atoms with Crippen molar-refractivity contribution in [1.29, 1.82) is 0 Å². The average molecular weight is 279 g/mol. The van der Waals surface area contributed by atoms with Crippen LogP contribution in [0.2, 0.25) is 0 Å². The van der Waals surface area contributed by atoms with E-state index in [-0.39, 0.29) is 0 Å². The van der Waals surface area contributed by atoms with Crippen molar-refractivity contribution in [3.8, 4) is 0 Å². The Hall–Kier alpha value is -1.60. The molecular formula is C20H25N. The molecule has 0 saturated heterocycles. The molecule has 0 aromatic heterocycles. The van der Waals surface area contributed by atoms with Crippen molar-refractivity contribution in [3.63, 3.8) is 0 Å². The second kappa shape index (κ2) is 6.03. The van der Waals surface area contributed by atoms with E-state index in [0.29, 0.717) is 11.8 Å². The third-order valence-electron chi connectivity index (χ3n) is 4.82. The van der Waals surface area contributed by atoms with Gasteiger partial charge in [-0.2, -0.15) is 0 Å². The van der Waals surface area contributed by atoms with Crippen LogP contribution in [0.5, 0.6) is 0 Å². The van der Waals surface area contributed by atoms with Crippen molar-refractivity contribution < 1.29 is 0 Å². The highest BCUT2D eigenvalue weighted by molar-refractivity contribution is 5.46. The maximum atomic E-state index is 2.35. The number of benzene rings is 2. The first-order valence-electron chi connectivity index (χ1n) is 7.98. The van der Waals surface area contributed by atoms with Crippen molar-refractivity contribution >= 4 is 0 Å². The number of hydrogen-bond donors (Lipinski definition) is 0. The molecule has 0 N–H and O–H groups in total. The van der Waals surface area contributed by atoms with Gasteiger partial charge in [0.15, 0.2) is 0 Å². The highest BCUT2D eigenvalue weighted by atomic mass is 15.0. The molecule has 0 fully saturated rings. The lowest BCUT2D eigenvalue weighted by atomic mass is 9.87. The van der Waals surface area contributed by atoms with Gasteiger partial charge in [0.25, 0.3) is 0 Å². The van der Waals surface area contributed by atoms with Gasteiger partial charge in [0.1, 0.15) is 0 Å². The van der Waals surface area contributed by atoms with Crippen LogP contribution in [0, 0.1) is 0 Å². The Morgan fingerprint density at radius 2 is 1.52 bits per heavy atom. The topological polar surface area (TPSA) is 3.24 Å². The normalized spacial score (nSPS) is 20.8. The van der Waals surface area contributed by atoms with Crippen LogP contribution in [0.1, 0.15) is 47.4 Å². The van der Waals surface area contributed by atoms with E-state index >= 15 is 0 Å². The minimum Gasteiger partial charge on any atom is -0.309 e. The third kappa shape index (κ3) is 2.89. The van der Waals surface area contributed by atoms with E-state index in [0.717, 1.165) is 6.54 Å². The van der Waals surface area contributed by atoms with E-state index < -0.39 is 0 Å². The Morgan fingerprint density at radius 1 is 0.905 bits per heavy atom. The zero-order chi connectivity index (χ0) is 14.8. The van der Waals surface area contributed by atoms with E-state index in [4.69, 9.17) is 0 Å². The molecule has 1 heteroatoms. The van der Waals surface area contributed by atoms with Crippen LogP contribution < -0.4 is 0 Å². The van der Waals surface area contributed by atoms with Crippen molar-refractivity contribution in [1.82, 2.24) is 4.90 Å². The predicted octanol–water partition coefficient (Wildman–Crippen LogP) is 4.43. The summed E-state index contributed by atoms with van der Waals surface area (Å²) < 4.78 is 0. The standard InChI is InChI=1S/C20H25N/c1-15-18-9-5-4-8-16(18)14-17(12-13-21(2)3)20-11-7-6-10-19(15)20/h4-11,15,17H,12-14H2,1-3H3/t15-,17+/m0/s1. The van der Waals surface area contributed by atoms with Crippen LogP contribution in [-0.2, 0) is 6.42 Å². The predicted molar refractivity (Wildman–Crippen MR) is 90.0 cm³/mol. The number of hydrogen-bond acceptors (Lipinski definition) is 1. The minimum atomic E-state index is 0.502. The molecule has 0 bridgehead atoms. The van der Waals surface area contributed by atoms with E-state index in [1.54, 1.807) is 5.56 Å². The molecule has 0 unspecified atom stereocenters. The molecule has 1 aliphatic rings. The fourth-order valence-corrected chi connectivity index (χ4v) is 3.63. The molecule has 110 valence electrons. The molecule has 0 heterocycles. The first kappa shape index (κ1) is 14.3. The highest BCUT2D eigenvalue weighted by Crippen LogP contribution is 2.39. The maximum Gasteiger partial charge on any atom is 0.00665 e. The lowest BCUT2D eigenvalue weighted by Crippen LogP contribution is -2.17. The Kier molecular flexibility index (Phi) is 4.12. The molecule has 21 heavy (non-hydrogen) atoms. The molecule has 0 saturated carbocycles. The second-order valence-corrected chi connectivity index (χ2v) is 6.54. The molecule has 0 amide bonds. The Labute approximate surface area is 128 Å². The van der Waals surface area contributed by atoms with E-state index in [1.807, 2.05) is 0 Å². The SMILES string of the molecule is C[C@H]1c2ccccc2C[C@@H](CCN(C)C)c2ccccc21. The molecule has 1 aliphatic carbocycles. The first-order valence-corrected chi connectivity index (χ1v) is 7.98. The minimum absolute atomic E-state index is 0.502. The van der Waals surface area contributed by atoms with Gasteiger partial charge in [-0.25, -0.2) is 0 Å². The van der Waals surface area contributed by atoms with Gasteiger partial charge >= 0.3 is 0 Å². The van der Waals surface area contributed by atoms with Crippen molar-refractivity contribution in [2.45, 2.75) is 31.6 Å². The summed E-state index contributed by atoms with van der Waals surface area (Å²) in [6, 6.07) is 18.0. The summed E-state index contributed by atoms with van der Waals surface area (Å²) in [5.74, 6) is 1.14. The summed E-state index contributed by atoms with van der Waals surface area (Å²) in [5, 5.41) is 0. The van der Waals surface area contributed by atoms with Crippen LogP contribution in [0.4, 0.5) is 0 Å². The fourth-order valence-electron chi connectivity index (χ4n) is 3.63. The van der Waals surface area contributed by atoms with Gasteiger partial charge in [0.05, 0.1) is 0 Å². The first-order chi connectivity index (χ1) is 10.2. The monoisotopic (exact) mass is 279 g/mol. The molecule has 2 aromatic rings. The van der Waals surface area contributed by atoms with Crippen molar-refractivity contribution in [2.75, 3.05) is 20.6 Å². The number of nitrogens with zero attached hydrogens (tertiary/aromatic N) is 1. The van der Waals surface area contributed by atoms with Gasteiger partial charge in [-0.1, -0.05) is 55.5 Å². The summed E-state index contributed by atoms with van der Waals surface area (Å²) in [6.45, 7) is 3.50. The Morgan fingerprint density at radius 3 is 2.24 bits per heavy atom. The fraction of sp³-hybridized carbons (Fsp3) is 0.400. The largest absolute Gasteiger partial charge is 0.309 e. The molecular weight excluding hydrogens is 254 g/mol. The van der Waals surface area contributed by atoms with Crippen LogP contribution in [0.25, 0.3) is 0 Å². The molecule has 2 aromatic carbocycles. The molecule has 2 atom stereocenters. The third-order valence-corrected chi connectivity index (χ3v) is 4.82. The summed E-state index contributed by atoms with van der Waals surface area (Å²) in [6.07, 6.45) is 2.40. The molecule has 3 rings (SSSR count). The van der Waals surface area contributed by atoms with E-state index in [9.17, 15) is 0 Å². The number of fused-ring (bicyclic) bond motifs is 2. The maximum absolute atomic E-state index is 2.35. The van der Waals surface area contributed by atoms with Gasteiger partial charge in [-0.05, 0) is 61.7 Å². The lowest BCUT2D eigenvalue weighted by molar-refractivity contribution is 0.380. The second-order valence-electron chi connectivity index (χ2n) is 6.54. The number of rotatable bonds is 3. The van der Waals surface area contributed by atoms with Crippen LogP contribution in [-0.4, -0.2) is 25.5 Å². The van der Waals surface area contributed by atoms with Crippen molar-refractivity contribution in [3.05, 3.63) is 70.8 Å². The van der Waals surface area contributed by atoms with Gasteiger partial charge in [0.2, 0.25) is 0 Å². The van der Waals surface area contributed by atoms with E-state index in [1.165, 1.54) is 29.5 Å². The van der Waals surface area contributed by atoms with Crippen LogP contribution >= 0.6 is 0 Å². The Balaban J connectivity index is 2.04. The van der Waals surface area contributed by atoms with Gasteiger partial charge < -0.3 is 4.90 Å². The summed E-state index contributed by atoms with van der Waals surface area (Å²) >= 11 is 0. The summed E-state index contributed by atoms with van der Waals surface area (Å²) in [4.78, 5) is 2.29. The summed E-state index contributed by atoms with van der Waals surface area (Å²) in [7, 11) is 4.33. The van der Waals surface area contributed by atoms with E-state index in [2.05, 4.69) is 74.4 Å². The zero-order valence-corrected chi connectivity index (χ0v) is 13.3. The van der Waals surface area contributed by atoms with Gasteiger partial charge in [-0.15, -0.1) is 0 Å². The molecule has 0 radical (unpaired) electrons. The van der Waals surface area contributed by atoms with Gasteiger partial charge in [0, 0.05) is 5.92 Å². The zero-order valence-electron chi connectivity index (χ0n) is 13.3. The lowest BCUT2D eigenvalue weighted by Gasteiger charge is -2.21. The van der Waals surface area contributed by atoms with Crippen LogP contribution in [0.3, 0.4) is 0 Å². The van der Waals surface area contributed by atoms with Crippen molar-refractivity contribution in [2.24, 2.45) is 0 Å². The Bertz CT molecular complexity index is 615. The molecule has 0 spiro atoms. The van der Waals surface area contributed by atoms with Gasteiger partial charge in [-0.3, -0.25) is 0 Å². The smallest absolute Gasteiger partial charge is 0.00665 e. The van der Waals surface area contributed by atoms with Crippen LogP contribution in [0.15, 0.2) is 48.5 Å². The quantitative estimate of drug-likeness (QED) is 0.803.